The second-order valence-electron chi connectivity index (χ2n) is 4.73. The van der Waals surface area contributed by atoms with Gasteiger partial charge in [0.05, 0.1) is 21.3 Å². The highest BCUT2D eigenvalue weighted by molar-refractivity contribution is 5.51. The summed E-state index contributed by atoms with van der Waals surface area (Å²) in [6.45, 7) is 0. The van der Waals surface area contributed by atoms with E-state index in [1.807, 2.05) is 12.1 Å². The fraction of sp³-hybridized carbons (Fsp3) is 0.571. The van der Waals surface area contributed by atoms with Crippen molar-refractivity contribution in [2.24, 2.45) is 11.7 Å². The SMILES string of the molecule is COc1cc(OC)c([C@@H](N)CC2CC2)cc1OC. The van der Waals surface area contributed by atoms with Crippen LogP contribution in [0, 0.1) is 5.92 Å². The minimum atomic E-state index is -0.00717. The molecule has 0 saturated heterocycles. The van der Waals surface area contributed by atoms with Crippen molar-refractivity contribution in [3.05, 3.63) is 17.7 Å². The lowest BCUT2D eigenvalue weighted by molar-refractivity contribution is 0.346. The summed E-state index contributed by atoms with van der Waals surface area (Å²) in [4.78, 5) is 0. The van der Waals surface area contributed by atoms with Crippen LogP contribution < -0.4 is 19.9 Å². The van der Waals surface area contributed by atoms with Gasteiger partial charge in [-0.1, -0.05) is 12.8 Å². The van der Waals surface area contributed by atoms with E-state index in [0.29, 0.717) is 11.5 Å². The molecule has 0 unspecified atom stereocenters. The second kappa shape index (κ2) is 5.48. The molecule has 100 valence electrons. The summed E-state index contributed by atoms with van der Waals surface area (Å²) in [5.74, 6) is 2.90. The summed E-state index contributed by atoms with van der Waals surface area (Å²) in [6.07, 6.45) is 3.60. The number of benzene rings is 1. The van der Waals surface area contributed by atoms with Gasteiger partial charge in [-0.15, -0.1) is 0 Å². The van der Waals surface area contributed by atoms with Crippen LogP contribution in [0.15, 0.2) is 12.1 Å². The van der Waals surface area contributed by atoms with E-state index in [1.54, 1.807) is 21.3 Å². The van der Waals surface area contributed by atoms with Crippen LogP contribution in [0.3, 0.4) is 0 Å². The van der Waals surface area contributed by atoms with Gasteiger partial charge in [-0.2, -0.15) is 0 Å². The zero-order valence-corrected chi connectivity index (χ0v) is 11.2. The molecule has 0 bridgehead atoms. The van der Waals surface area contributed by atoms with Crippen LogP contribution in [0.1, 0.15) is 30.9 Å². The number of methoxy groups -OCH3 is 3. The Bertz CT molecular complexity index is 416. The predicted octanol–water partition coefficient (Wildman–Crippen LogP) is 2.51. The van der Waals surface area contributed by atoms with E-state index in [4.69, 9.17) is 19.9 Å². The maximum absolute atomic E-state index is 6.25. The van der Waals surface area contributed by atoms with E-state index in [-0.39, 0.29) is 6.04 Å². The molecule has 1 aromatic carbocycles. The van der Waals surface area contributed by atoms with E-state index >= 15 is 0 Å². The Morgan fingerprint density at radius 1 is 1.06 bits per heavy atom. The van der Waals surface area contributed by atoms with Gasteiger partial charge >= 0.3 is 0 Å². The van der Waals surface area contributed by atoms with Gasteiger partial charge in [0.15, 0.2) is 11.5 Å². The fourth-order valence-electron chi connectivity index (χ4n) is 2.18. The molecule has 0 radical (unpaired) electrons. The summed E-state index contributed by atoms with van der Waals surface area (Å²) < 4.78 is 16.0. The molecule has 1 saturated carbocycles. The Kier molecular flexibility index (Phi) is 3.97. The molecule has 4 nitrogen and oxygen atoms in total. The summed E-state index contributed by atoms with van der Waals surface area (Å²) in [5.41, 5.74) is 7.24. The maximum atomic E-state index is 6.25. The first-order valence-electron chi connectivity index (χ1n) is 6.25. The van der Waals surface area contributed by atoms with Gasteiger partial charge in [-0.25, -0.2) is 0 Å². The average Bonchev–Trinajstić information content (AvgIpc) is 3.20. The zero-order valence-electron chi connectivity index (χ0n) is 11.2. The molecule has 0 spiro atoms. The van der Waals surface area contributed by atoms with Crippen molar-refractivity contribution in [1.82, 2.24) is 0 Å². The fourth-order valence-corrected chi connectivity index (χ4v) is 2.18. The van der Waals surface area contributed by atoms with Crippen molar-refractivity contribution < 1.29 is 14.2 Å². The van der Waals surface area contributed by atoms with Crippen molar-refractivity contribution in [3.63, 3.8) is 0 Å². The summed E-state index contributed by atoms with van der Waals surface area (Å²) in [5, 5.41) is 0. The van der Waals surface area contributed by atoms with Gasteiger partial charge in [0, 0.05) is 17.7 Å². The van der Waals surface area contributed by atoms with E-state index in [2.05, 4.69) is 0 Å². The first-order chi connectivity index (χ1) is 8.69. The van der Waals surface area contributed by atoms with Crippen LogP contribution in [-0.2, 0) is 0 Å². The number of nitrogens with two attached hydrogens (primary N) is 1. The van der Waals surface area contributed by atoms with Crippen molar-refractivity contribution in [2.45, 2.75) is 25.3 Å². The smallest absolute Gasteiger partial charge is 0.164 e. The Morgan fingerprint density at radius 2 is 1.61 bits per heavy atom. The monoisotopic (exact) mass is 251 g/mol. The number of ether oxygens (including phenoxy) is 3. The predicted molar refractivity (Wildman–Crippen MR) is 70.4 cm³/mol. The zero-order chi connectivity index (χ0) is 13.1. The van der Waals surface area contributed by atoms with Gasteiger partial charge < -0.3 is 19.9 Å². The topological polar surface area (TPSA) is 53.7 Å². The molecule has 0 aromatic heterocycles. The summed E-state index contributed by atoms with van der Waals surface area (Å²) in [6, 6.07) is 3.75. The molecule has 2 N–H and O–H groups in total. The molecule has 1 aliphatic rings. The second-order valence-corrected chi connectivity index (χ2v) is 4.73. The molecule has 0 heterocycles. The lowest BCUT2D eigenvalue weighted by atomic mass is 10.0. The molecular weight excluding hydrogens is 230 g/mol. The highest BCUT2D eigenvalue weighted by Gasteiger charge is 2.26. The van der Waals surface area contributed by atoms with E-state index in [9.17, 15) is 0 Å². The number of rotatable bonds is 6. The van der Waals surface area contributed by atoms with Crippen LogP contribution >= 0.6 is 0 Å². The highest BCUT2D eigenvalue weighted by atomic mass is 16.5. The molecule has 1 aromatic rings. The Balaban J connectivity index is 2.30. The van der Waals surface area contributed by atoms with Crippen molar-refractivity contribution in [1.29, 1.82) is 0 Å². The third-order valence-electron chi connectivity index (χ3n) is 3.42. The molecule has 0 amide bonds. The third kappa shape index (κ3) is 2.70. The molecule has 18 heavy (non-hydrogen) atoms. The molecule has 0 aliphatic heterocycles. The standard InChI is InChI=1S/C14H21NO3/c1-16-12-8-14(18-3)13(17-2)7-10(12)11(15)6-9-4-5-9/h7-9,11H,4-6,15H2,1-3H3/t11-/m0/s1. The molecule has 4 heteroatoms. The van der Waals surface area contributed by atoms with Gasteiger partial charge in [-0.05, 0) is 18.4 Å². The average molecular weight is 251 g/mol. The van der Waals surface area contributed by atoms with Crippen LogP contribution in [0.25, 0.3) is 0 Å². The molecule has 1 aliphatic carbocycles. The van der Waals surface area contributed by atoms with Gasteiger partial charge in [0.2, 0.25) is 0 Å². The molecule has 1 fully saturated rings. The minimum Gasteiger partial charge on any atom is -0.496 e. The Morgan fingerprint density at radius 3 is 2.11 bits per heavy atom. The normalized spacial score (nSPS) is 16.2. The van der Waals surface area contributed by atoms with E-state index in [1.165, 1.54) is 12.8 Å². The minimum absolute atomic E-state index is 0.00717. The van der Waals surface area contributed by atoms with E-state index in [0.717, 1.165) is 23.7 Å². The van der Waals surface area contributed by atoms with E-state index < -0.39 is 0 Å². The Labute approximate surface area is 108 Å². The third-order valence-corrected chi connectivity index (χ3v) is 3.42. The van der Waals surface area contributed by atoms with Crippen molar-refractivity contribution in [2.75, 3.05) is 21.3 Å². The Hall–Kier alpha value is -1.42. The number of hydrogen-bond acceptors (Lipinski definition) is 4. The lowest BCUT2D eigenvalue weighted by Gasteiger charge is -2.18. The van der Waals surface area contributed by atoms with Crippen LogP contribution in [0.2, 0.25) is 0 Å². The highest BCUT2D eigenvalue weighted by Crippen LogP contribution is 2.42. The first-order valence-corrected chi connectivity index (χ1v) is 6.25. The van der Waals surface area contributed by atoms with Crippen LogP contribution in [-0.4, -0.2) is 21.3 Å². The molecular formula is C14H21NO3. The van der Waals surface area contributed by atoms with Crippen molar-refractivity contribution in [3.8, 4) is 17.2 Å². The molecule has 2 rings (SSSR count). The summed E-state index contributed by atoms with van der Waals surface area (Å²) >= 11 is 0. The quantitative estimate of drug-likeness (QED) is 0.844. The number of hydrogen-bond donors (Lipinski definition) is 1. The van der Waals surface area contributed by atoms with Crippen LogP contribution in [0.4, 0.5) is 0 Å². The van der Waals surface area contributed by atoms with Gasteiger partial charge in [0.25, 0.3) is 0 Å². The largest absolute Gasteiger partial charge is 0.496 e. The molecule has 1 atom stereocenters. The van der Waals surface area contributed by atoms with Crippen molar-refractivity contribution >= 4 is 0 Å². The maximum Gasteiger partial charge on any atom is 0.164 e. The van der Waals surface area contributed by atoms with Gasteiger partial charge in [0.1, 0.15) is 5.75 Å². The van der Waals surface area contributed by atoms with Gasteiger partial charge in [-0.3, -0.25) is 0 Å². The first kappa shape index (κ1) is 13.0. The lowest BCUT2D eigenvalue weighted by Crippen LogP contribution is -2.12. The summed E-state index contributed by atoms with van der Waals surface area (Å²) in [7, 11) is 4.89. The van der Waals surface area contributed by atoms with Crippen LogP contribution in [0.5, 0.6) is 17.2 Å².